The highest BCUT2D eigenvalue weighted by molar-refractivity contribution is 7.94. The van der Waals surface area contributed by atoms with Gasteiger partial charge in [0.2, 0.25) is 0 Å². The molecule has 4 aromatic rings. The normalized spacial score (nSPS) is 11.6. The predicted molar refractivity (Wildman–Crippen MR) is 148 cm³/mol. The van der Waals surface area contributed by atoms with E-state index in [0.717, 1.165) is 11.1 Å². The van der Waals surface area contributed by atoms with Crippen LogP contribution in [0.25, 0.3) is 15.8 Å². The number of benzene rings is 4. The van der Waals surface area contributed by atoms with E-state index in [4.69, 9.17) is 9.47 Å². The number of anilines is 1. The molecule has 0 radical (unpaired) electrons. The first-order valence-corrected chi connectivity index (χ1v) is 14.5. The first-order chi connectivity index (χ1) is 18.0. The van der Waals surface area contributed by atoms with Crippen LogP contribution in [0.3, 0.4) is 0 Å². The van der Waals surface area contributed by atoms with E-state index in [9.17, 15) is 16.8 Å². The van der Waals surface area contributed by atoms with Gasteiger partial charge in [0.15, 0.2) is 0 Å². The molecule has 0 unspecified atom stereocenters. The van der Waals surface area contributed by atoms with Gasteiger partial charge in [-0.1, -0.05) is 59.3 Å². The van der Waals surface area contributed by atoms with Gasteiger partial charge in [-0.05, 0) is 67.4 Å². The summed E-state index contributed by atoms with van der Waals surface area (Å²) < 4.78 is 68.7. The van der Waals surface area contributed by atoms with Gasteiger partial charge in [0.25, 0.3) is 10.0 Å². The smallest absolute Gasteiger partial charge is 0.262 e. The molecule has 4 rings (SSSR count). The van der Waals surface area contributed by atoms with E-state index in [1.165, 1.54) is 38.5 Å². The van der Waals surface area contributed by atoms with Crippen molar-refractivity contribution < 1.29 is 26.3 Å². The summed E-state index contributed by atoms with van der Waals surface area (Å²) >= 11 is 0. The number of sulfonamides is 2. The van der Waals surface area contributed by atoms with Crippen molar-refractivity contribution >= 4 is 31.4 Å². The monoisotopic (exact) mass is 551 g/mol. The van der Waals surface area contributed by atoms with Crippen LogP contribution >= 0.6 is 0 Å². The second-order valence-corrected chi connectivity index (χ2v) is 11.9. The number of rotatable bonds is 9. The van der Waals surface area contributed by atoms with Crippen molar-refractivity contribution in [3.63, 3.8) is 0 Å². The van der Waals surface area contributed by atoms with E-state index < -0.39 is 20.0 Å². The van der Waals surface area contributed by atoms with Crippen LogP contribution in [0, 0.1) is 13.8 Å². The van der Waals surface area contributed by atoms with E-state index in [-0.39, 0.29) is 26.9 Å². The lowest BCUT2D eigenvalue weighted by Crippen LogP contribution is -2.13. The molecule has 0 heterocycles. The van der Waals surface area contributed by atoms with Gasteiger partial charge in [-0.25, -0.2) is 16.8 Å². The second-order valence-electron chi connectivity index (χ2n) is 8.60. The van der Waals surface area contributed by atoms with Crippen LogP contribution in [-0.4, -0.2) is 31.1 Å². The number of ether oxygens (including phenoxy) is 2. The minimum Gasteiger partial charge on any atom is -0.570 e. The lowest BCUT2D eigenvalue weighted by molar-refractivity contribution is 0.416. The lowest BCUT2D eigenvalue weighted by atomic mass is 10.0. The Kier molecular flexibility index (Phi) is 7.66. The fourth-order valence-electron chi connectivity index (χ4n) is 3.70. The van der Waals surface area contributed by atoms with Crippen LogP contribution in [0.5, 0.6) is 11.5 Å². The molecule has 8 nitrogen and oxygen atoms in total. The molecular weight excluding hydrogens is 524 g/mol. The van der Waals surface area contributed by atoms with Crippen molar-refractivity contribution in [2.75, 3.05) is 18.9 Å². The summed E-state index contributed by atoms with van der Waals surface area (Å²) in [4.78, 5) is 0.224. The third-order valence-electron chi connectivity index (χ3n) is 5.83. The van der Waals surface area contributed by atoms with E-state index in [1.54, 1.807) is 60.7 Å². The number of hydrogen-bond acceptors (Lipinski definition) is 6. The number of hydrogen-bond donors (Lipinski definition) is 1. The highest BCUT2D eigenvalue weighted by Gasteiger charge is 2.17. The summed E-state index contributed by atoms with van der Waals surface area (Å²) in [6.07, 6.45) is 0. The van der Waals surface area contributed by atoms with Gasteiger partial charge < -0.3 is 14.2 Å². The first-order valence-electron chi connectivity index (χ1n) is 11.5. The maximum atomic E-state index is 12.8. The Balaban J connectivity index is 1.61. The van der Waals surface area contributed by atoms with Gasteiger partial charge in [0.05, 0.1) is 29.7 Å². The third-order valence-corrected chi connectivity index (χ3v) is 8.51. The maximum absolute atomic E-state index is 12.8. The summed E-state index contributed by atoms with van der Waals surface area (Å²) in [5, 5.41) is 0. The van der Waals surface area contributed by atoms with Crippen molar-refractivity contribution in [2.24, 2.45) is 0 Å². The molecule has 10 heteroatoms. The maximum Gasteiger partial charge on any atom is 0.262 e. The summed E-state index contributed by atoms with van der Waals surface area (Å²) in [7, 11) is -4.88. The predicted octanol–water partition coefficient (Wildman–Crippen LogP) is 6.18. The highest BCUT2D eigenvalue weighted by Crippen LogP contribution is 2.40. The number of aryl methyl sites for hydroxylation is 2. The minimum absolute atomic E-state index is 0.0858. The molecule has 0 aromatic heterocycles. The van der Waals surface area contributed by atoms with Crippen LogP contribution < -0.4 is 14.2 Å². The van der Waals surface area contributed by atoms with E-state index in [0.29, 0.717) is 16.9 Å². The van der Waals surface area contributed by atoms with Gasteiger partial charge in [0.1, 0.15) is 21.5 Å². The molecule has 0 saturated carbocycles. The number of nitrogens with one attached hydrogen (secondary N) is 1. The van der Waals surface area contributed by atoms with E-state index >= 15 is 0 Å². The summed E-state index contributed by atoms with van der Waals surface area (Å²) in [6, 6.07) is 22.9. The Labute approximate surface area is 223 Å². The topological polar surface area (TPSA) is 113 Å². The Morgan fingerprint density at radius 2 is 1.13 bits per heavy atom. The fourth-order valence-corrected chi connectivity index (χ4v) is 5.77. The van der Waals surface area contributed by atoms with Crippen molar-refractivity contribution in [1.29, 1.82) is 0 Å². The largest absolute Gasteiger partial charge is 0.570 e. The molecule has 0 bridgehead atoms. The fraction of sp³-hybridized carbons (Fsp3) is 0.143. The van der Waals surface area contributed by atoms with Crippen LogP contribution in [0.2, 0.25) is 0 Å². The SMILES string of the molecule is COc1cc(-c2ccc(NS(=O)(=O)c3ccc(C)cc3)c(OC)c2)ccc1[N-]S(=O)(=O)c1ccc(C)cc1. The minimum atomic E-state index is -3.94. The standard InChI is InChI=1S/C28H27N2O6S2/c1-19-5-11-23(12-6-19)37(31,32)29-25-15-9-21(17-27(25)35-3)22-10-16-26(28(18-22)36-4)30-38(33,34)24-13-7-20(2)8-14-24/h5-18,29H,1-4H3/q-1. The molecule has 0 atom stereocenters. The van der Waals surface area contributed by atoms with Gasteiger partial charge in [-0.3, -0.25) is 4.72 Å². The number of methoxy groups -OCH3 is 2. The zero-order chi connectivity index (χ0) is 27.5. The third kappa shape index (κ3) is 5.92. The van der Waals surface area contributed by atoms with Gasteiger partial charge in [0, 0.05) is 0 Å². The summed E-state index contributed by atoms with van der Waals surface area (Å²) in [6.45, 7) is 3.75. The molecule has 0 aliphatic rings. The van der Waals surface area contributed by atoms with Crippen LogP contribution in [-0.2, 0) is 20.0 Å². The van der Waals surface area contributed by atoms with Gasteiger partial charge in [-0.15, -0.1) is 0 Å². The zero-order valence-electron chi connectivity index (χ0n) is 21.3. The molecule has 1 N–H and O–H groups in total. The van der Waals surface area contributed by atoms with Gasteiger partial charge >= 0.3 is 0 Å². The van der Waals surface area contributed by atoms with Crippen molar-refractivity contribution in [2.45, 2.75) is 23.6 Å². The van der Waals surface area contributed by atoms with Crippen LogP contribution in [0.4, 0.5) is 11.4 Å². The summed E-state index contributed by atoms with van der Waals surface area (Å²) in [5.41, 5.74) is 3.72. The second kappa shape index (κ2) is 10.8. The molecular formula is C28H27N2O6S2-. The van der Waals surface area contributed by atoms with Crippen LogP contribution in [0.15, 0.2) is 94.7 Å². The van der Waals surface area contributed by atoms with Crippen molar-refractivity contribution in [3.05, 3.63) is 101 Å². The quantitative estimate of drug-likeness (QED) is 0.266. The Morgan fingerprint density at radius 1 is 0.632 bits per heavy atom. The first kappa shape index (κ1) is 27.0. The summed E-state index contributed by atoms with van der Waals surface area (Å²) in [5.74, 6) is 0.578. The highest BCUT2D eigenvalue weighted by atomic mass is 32.2. The van der Waals surface area contributed by atoms with Crippen LogP contribution in [0.1, 0.15) is 11.1 Å². The molecule has 0 aliphatic heterocycles. The molecule has 198 valence electrons. The number of nitrogens with zero attached hydrogens (tertiary/aromatic N) is 1. The Bertz CT molecular complexity index is 1540. The molecule has 0 amide bonds. The van der Waals surface area contributed by atoms with E-state index in [2.05, 4.69) is 9.44 Å². The zero-order valence-corrected chi connectivity index (χ0v) is 22.9. The molecule has 0 fully saturated rings. The molecule has 0 saturated heterocycles. The average molecular weight is 552 g/mol. The molecule has 4 aromatic carbocycles. The molecule has 38 heavy (non-hydrogen) atoms. The Morgan fingerprint density at radius 3 is 1.68 bits per heavy atom. The molecule has 0 spiro atoms. The van der Waals surface area contributed by atoms with Crippen molar-refractivity contribution in [1.82, 2.24) is 0 Å². The lowest BCUT2D eigenvalue weighted by Gasteiger charge is -2.25. The average Bonchev–Trinajstić information content (AvgIpc) is 2.89. The molecule has 0 aliphatic carbocycles. The van der Waals surface area contributed by atoms with Crippen molar-refractivity contribution in [3.8, 4) is 22.6 Å². The van der Waals surface area contributed by atoms with Gasteiger partial charge in [-0.2, -0.15) is 0 Å². The Hall–Kier alpha value is -4.02. The van der Waals surface area contributed by atoms with E-state index in [1.807, 2.05) is 13.8 Å².